The first-order valence-electron chi connectivity index (χ1n) is 25.7. The lowest BCUT2D eigenvalue weighted by Gasteiger charge is -2.31. The maximum atomic E-state index is 14.7. The summed E-state index contributed by atoms with van der Waals surface area (Å²) in [6.07, 6.45) is -1.04. The number of hydrogen-bond acceptors (Lipinski definition) is 16. The van der Waals surface area contributed by atoms with E-state index in [1.165, 1.54) is 34.1 Å². The van der Waals surface area contributed by atoms with Crippen LogP contribution in [0.15, 0.2) is 59.6 Å². The molecule has 2 fully saturated rings. The summed E-state index contributed by atoms with van der Waals surface area (Å²) < 4.78 is 0. The molecular weight excluding hydrogens is 1070 g/mol. The molecule has 2 heterocycles. The molecule has 0 aliphatic carbocycles. The van der Waals surface area contributed by atoms with Crippen LogP contribution in [0, 0.1) is 0 Å². The van der Waals surface area contributed by atoms with Crippen molar-refractivity contribution in [3.63, 3.8) is 0 Å². The molecule has 4 rings (SSSR count). The van der Waals surface area contributed by atoms with Crippen LogP contribution in [-0.2, 0) is 65.6 Å². The van der Waals surface area contributed by atoms with Gasteiger partial charge in [0.1, 0.15) is 48.0 Å². The molecule has 432 valence electrons. The predicted octanol–water partition coefficient (Wildman–Crippen LogP) is -4.02. The Hall–Kier alpha value is -7.66. The van der Waals surface area contributed by atoms with Gasteiger partial charge in [0.2, 0.25) is 65.0 Å². The third-order valence-corrected chi connectivity index (χ3v) is 15.2. The Kier molecular flexibility index (Phi) is 26.1. The van der Waals surface area contributed by atoms with E-state index in [4.69, 9.17) is 28.7 Å². The van der Waals surface area contributed by atoms with Gasteiger partial charge in [-0.15, -0.1) is 0 Å². The smallest absolute Gasteiger partial charge is 0.246 e. The number of carbonyl (C=O) groups excluding carboxylic acids is 11. The number of aliphatic imine (C=N–C) groups is 1. The van der Waals surface area contributed by atoms with Gasteiger partial charge in [-0.3, -0.25) is 57.7 Å². The third-order valence-electron chi connectivity index (χ3n) is 12.7. The predicted molar refractivity (Wildman–Crippen MR) is 294 cm³/mol. The van der Waals surface area contributed by atoms with Crippen molar-refractivity contribution < 1.29 is 57.8 Å². The molecule has 0 radical (unpaired) electrons. The number of phenols is 1. The number of carbonyl (C=O) groups is 11. The van der Waals surface area contributed by atoms with Gasteiger partial charge in [0.05, 0.1) is 19.0 Å². The normalized spacial score (nSPS) is 22.0. The second-order valence-electron chi connectivity index (χ2n) is 18.7. The average Bonchev–Trinajstić information content (AvgIpc) is 3.93. The maximum Gasteiger partial charge on any atom is 0.246 e. The summed E-state index contributed by atoms with van der Waals surface area (Å²) in [5.41, 5.74) is 29.2. The number of rotatable bonds is 21. The molecule has 8 atom stereocenters. The maximum absolute atomic E-state index is 14.7. The fraction of sp³-hybridized carbons (Fsp3) is 0.520. The van der Waals surface area contributed by atoms with Crippen LogP contribution < -0.4 is 65.9 Å². The standard InChI is InChI=1S/C50H73N15O12S2/c1-3-64(4-2)41(69)19-18-33-44(72)62-36(24-39(52)67)47(75)63-37(49(77)65-21-9-13-38(65)48(76)59-32(12-8-20-56-50(54)55)43(71)57-25-40(53)68)27-79-78-26-31(51)42(70)60-34(23-29-14-16-30(66)17-15-29)46(74)61-35(45(73)58-33)22-28-10-6-5-7-11-28/h5-7,10-11,14-17,31-38,66H,3-4,8-9,12-13,18-27,51H2,1-2H3,(H2,52,67)(H2,53,68)(H,57,71)(H,58,73)(H,59,76)(H,60,70)(H,61,74)(H,62,72)(H,63,75)(H4,54,55,56)/t31-,32-,33-,34-,35-,36-,37-,38-/m0/s1. The van der Waals surface area contributed by atoms with Crippen LogP contribution in [0.2, 0.25) is 0 Å². The zero-order valence-corrected chi connectivity index (χ0v) is 45.7. The van der Waals surface area contributed by atoms with Crippen molar-refractivity contribution in [3.05, 3.63) is 65.7 Å². The van der Waals surface area contributed by atoms with E-state index in [9.17, 15) is 57.8 Å². The van der Waals surface area contributed by atoms with Crippen LogP contribution in [0.3, 0.4) is 0 Å². The van der Waals surface area contributed by atoms with Crippen molar-refractivity contribution in [1.82, 2.24) is 47.0 Å². The van der Waals surface area contributed by atoms with Crippen LogP contribution in [0.5, 0.6) is 5.75 Å². The molecule has 0 saturated carbocycles. The number of benzene rings is 2. The number of nitrogens with zero attached hydrogens (tertiary/aromatic N) is 3. The van der Waals surface area contributed by atoms with Crippen LogP contribution in [0.25, 0.3) is 0 Å². The van der Waals surface area contributed by atoms with Crippen LogP contribution in [-0.4, -0.2) is 178 Å². The van der Waals surface area contributed by atoms with Gasteiger partial charge in [-0.25, -0.2) is 0 Å². The van der Waals surface area contributed by atoms with E-state index in [1.807, 2.05) is 0 Å². The number of guanidine groups is 1. The molecule has 79 heavy (non-hydrogen) atoms. The molecule has 11 amide bonds. The Labute approximate surface area is 465 Å². The second kappa shape index (κ2) is 32.3. The lowest BCUT2D eigenvalue weighted by atomic mass is 10.0. The van der Waals surface area contributed by atoms with E-state index < -0.39 is 120 Å². The Morgan fingerprint density at radius 3 is 1.92 bits per heavy atom. The summed E-state index contributed by atoms with van der Waals surface area (Å²) in [5, 5.41) is 28.1. The van der Waals surface area contributed by atoms with Gasteiger partial charge in [0.25, 0.3) is 0 Å². The molecular formula is C50H73N15O12S2. The number of amides is 11. The zero-order chi connectivity index (χ0) is 58.2. The number of nitrogens with one attached hydrogen (secondary N) is 7. The van der Waals surface area contributed by atoms with Crippen LogP contribution >= 0.6 is 21.6 Å². The molecule has 29 heteroatoms. The monoisotopic (exact) mass is 1140 g/mol. The van der Waals surface area contributed by atoms with Gasteiger partial charge < -0.3 is 80.8 Å². The molecule has 0 unspecified atom stereocenters. The van der Waals surface area contributed by atoms with Gasteiger partial charge in [0, 0.05) is 56.9 Å². The molecule has 2 aliphatic heterocycles. The minimum atomic E-state index is -1.78. The topological polar surface area (TPSA) is 441 Å². The summed E-state index contributed by atoms with van der Waals surface area (Å²) in [5.74, 6) is -9.81. The molecule has 2 saturated heterocycles. The van der Waals surface area contributed by atoms with Gasteiger partial charge in [-0.05, 0) is 69.2 Å². The van der Waals surface area contributed by atoms with E-state index in [1.54, 1.807) is 44.2 Å². The highest BCUT2D eigenvalue weighted by Gasteiger charge is 2.41. The molecule has 2 aromatic carbocycles. The summed E-state index contributed by atoms with van der Waals surface area (Å²) in [4.78, 5) is 158. The quantitative estimate of drug-likeness (QED) is 0.0245. The molecule has 0 spiro atoms. The van der Waals surface area contributed by atoms with E-state index in [0.29, 0.717) is 30.6 Å². The summed E-state index contributed by atoms with van der Waals surface area (Å²) in [7, 11) is 2.02. The molecule has 0 aromatic heterocycles. The number of nitrogens with two attached hydrogens (primary N) is 5. The highest BCUT2D eigenvalue weighted by Crippen LogP contribution is 2.26. The van der Waals surface area contributed by atoms with Crippen LogP contribution in [0.4, 0.5) is 0 Å². The number of hydrogen-bond donors (Lipinski definition) is 13. The van der Waals surface area contributed by atoms with Crippen LogP contribution in [0.1, 0.15) is 69.9 Å². The van der Waals surface area contributed by atoms with E-state index in [-0.39, 0.29) is 87.2 Å². The largest absolute Gasteiger partial charge is 0.508 e. The van der Waals surface area contributed by atoms with Gasteiger partial charge in [0.15, 0.2) is 5.96 Å². The first kappa shape index (κ1) is 63.9. The van der Waals surface area contributed by atoms with Gasteiger partial charge >= 0.3 is 0 Å². The van der Waals surface area contributed by atoms with Crippen molar-refractivity contribution in [2.45, 2.75) is 120 Å². The SMILES string of the molecule is CCN(CC)C(=O)CC[C@@H]1NC(=O)[C@H](Cc2ccccc2)NC(=O)[C@H](Cc2ccc(O)cc2)NC(=O)[C@@H](N)CSSC[C@@H](C(=O)N2CCC[C@H]2C(=O)N[C@@H](CCCN=C(N)N)C(=O)NCC(N)=O)NC(=O)[C@H](CC(N)=O)NC1=O. The van der Waals surface area contributed by atoms with Gasteiger partial charge in [-0.2, -0.15) is 0 Å². The Morgan fingerprint density at radius 2 is 1.32 bits per heavy atom. The Bertz CT molecular complexity index is 2500. The average molecular weight is 1140 g/mol. The third kappa shape index (κ3) is 21.2. The van der Waals surface area contributed by atoms with E-state index >= 15 is 0 Å². The number of primary amides is 2. The minimum Gasteiger partial charge on any atom is -0.508 e. The molecule has 18 N–H and O–H groups in total. The number of likely N-dealkylation sites (tertiary alicyclic amines) is 1. The highest BCUT2D eigenvalue weighted by molar-refractivity contribution is 8.76. The number of aromatic hydroxyl groups is 1. The summed E-state index contributed by atoms with van der Waals surface area (Å²) >= 11 is 0. The van der Waals surface area contributed by atoms with Crippen molar-refractivity contribution in [2.24, 2.45) is 33.7 Å². The molecule has 2 aliphatic rings. The fourth-order valence-corrected chi connectivity index (χ4v) is 10.8. The van der Waals surface area contributed by atoms with Crippen molar-refractivity contribution in [2.75, 3.05) is 44.2 Å². The Balaban J connectivity index is 1.75. The lowest BCUT2D eigenvalue weighted by molar-refractivity contribution is -0.142. The second-order valence-corrected chi connectivity index (χ2v) is 21.3. The van der Waals surface area contributed by atoms with Crippen molar-refractivity contribution in [3.8, 4) is 5.75 Å². The summed E-state index contributed by atoms with van der Waals surface area (Å²) in [6, 6.07) is 3.05. The van der Waals surface area contributed by atoms with Crippen molar-refractivity contribution in [1.29, 1.82) is 0 Å². The van der Waals surface area contributed by atoms with E-state index in [0.717, 1.165) is 21.6 Å². The first-order chi connectivity index (χ1) is 37.6. The summed E-state index contributed by atoms with van der Waals surface area (Å²) in [6.45, 7) is 3.74. The van der Waals surface area contributed by atoms with Crippen molar-refractivity contribution >= 4 is 92.5 Å². The zero-order valence-electron chi connectivity index (χ0n) is 44.1. The highest BCUT2D eigenvalue weighted by atomic mass is 33.1. The minimum absolute atomic E-state index is 0.00473. The Morgan fingerprint density at radius 1 is 0.747 bits per heavy atom. The van der Waals surface area contributed by atoms with Gasteiger partial charge in [-0.1, -0.05) is 64.1 Å². The fourth-order valence-electron chi connectivity index (χ4n) is 8.51. The first-order valence-corrected chi connectivity index (χ1v) is 28.2. The molecule has 27 nitrogen and oxygen atoms in total. The molecule has 0 bridgehead atoms. The van der Waals surface area contributed by atoms with E-state index in [2.05, 4.69) is 42.2 Å². The number of phenolic OH excluding ortho intramolecular Hbond substituents is 1. The lowest BCUT2D eigenvalue weighted by Crippen LogP contribution is -2.61. The molecule has 2 aromatic rings.